The second-order valence-corrected chi connectivity index (χ2v) is 6.25. The Labute approximate surface area is 113 Å². The quantitative estimate of drug-likeness (QED) is 0.488. The van der Waals surface area contributed by atoms with Gasteiger partial charge in [-0.1, -0.05) is 46.4 Å². The Balaban J connectivity index is 5.53. The molecule has 0 aromatic heterocycles. The zero-order valence-corrected chi connectivity index (χ0v) is 11.1. The summed E-state index contributed by atoms with van der Waals surface area (Å²) in [6.07, 6.45) is -6.00. The van der Waals surface area contributed by atoms with Crippen LogP contribution < -0.4 is 0 Å². The Kier molecular flexibility index (Phi) is 4.97. The fourth-order valence-electron chi connectivity index (χ4n) is 0.637. The van der Waals surface area contributed by atoms with Crippen molar-refractivity contribution in [1.29, 1.82) is 0 Å². The molecule has 0 aromatic carbocycles. The fourth-order valence-corrected chi connectivity index (χ4v) is 1.69. The molecule has 0 spiro atoms. The number of rotatable bonds is 3. The Hall–Kier alpha value is 1.10. The first-order valence-corrected chi connectivity index (χ1v) is 5.48. The first kappa shape index (κ1) is 17.1. The van der Waals surface area contributed by atoms with Gasteiger partial charge in [-0.25, -0.2) is 0 Å². The van der Waals surface area contributed by atoms with Gasteiger partial charge in [0, 0.05) is 0 Å². The first-order chi connectivity index (χ1) is 6.69. The van der Waals surface area contributed by atoms with Crippen LogP contribution in [0.4, 0.5) is 22.0 Å². The molecule has 0 fully saturated rings. The van der Waals surface area contributed by atoms with Gasteiger partial charge in [0.15, 0.2) is 4.33 Å². The van der Waals surface area contributed by atoms with Gasteiger partial charge in [-0.15, -0.1) is 11.6 Å². The molecule has 0 amide bonds. The monoisotopic (exact) mass is 346 g/mol. The number of alkyl halides is 10. The molecule has 0 aromatic rings. The van der Waals surface area contributed by atoms with Crippen molar-refractivity contribution in [3.8, 4) is 0 Å². The van der Waals surface area contributed by atoms with Gasteiger partial charge in [0.05, 0.1) is 5.38 Å². The molecule has 0 aliphatic carbocycles. The van der Waals surface area contributed by atoms with Gasteiger partial charge < -0.3 is 0 Å². The fraction of sp³-hybridized carbons (Fsp3) is 1.00. The molecule has 0 aliphatic rings. The van der Waals surface area contributed by atoms with Crippen LogP contribution in [0.1, 0.15) is 6.92 Å². The molecule has 0 saturated carbocycles. The van der Waals surface area contributed by atoms with Crippen molar-refractivity contribution in [1.82, 2.24) is 0 Å². The van der Waals surface area contributed by atoms with E-state index in [1.807, 2.05) is 0 Å². The molecule has 10 heteroatoms. The second-order valence-electron chi connectivity index (χ2n) is 2.89. The molecule has 0 bridgehead atoms. The van der Waals surface area contributed by atoms with E-state index in [1.54, 1.807) is 0 Å². The van der Waals surface area contributed by atoms with Crippen molar-refractivity contribution in [2.45, 2.75) is 33.1 Å². The molecule has 0 nitrogen and oxygen atoms in total. The Morgan fingerprint density at radius 3 is 1.38 bits per heavy atom. The Bertz CT molecular complexity index is 259. The number of hydrogen-bond donors (Lipinski definition) is 0. The maximum absolute atomic E-state index is 12.9. The summed E-state index contributed by atoms with van der Waals surface area (Å²) in [6.45, 7) is 0.980. The van der Waals surface area contributed by atoms with E-state index in [1.165, 1.54) is 0 Å². The molecule has 16 heavy (non-hydrogen) atoms. The maximum Gasteiger partial charge on any atom is 0.456 e. The van der Waals surface area contributed by atoms with E-state index < -0.39 is 26.1 Å². The minimum Gasteiger partial charge on any atom is -0.193 e. The third kappa shape index (κ3) is 2.58. The number of hydrogen-bond acceptors (Lipinski definition) is 0. The van der Waals surface area contributed by atoms with Crippen LogP contribution in [0.2, 0.25) is 0 Å². The predicted molar refractivity (Wildman–Crippen MR) is 55.2 cm³/mol. The normalized spacial score (nSPS) is 17.4. The van der Waals surface area contributed by atoms with Gasteiger partial charge in [-0.05, 0) is 6.92 Å². The van der Waals surface area contributed by atoms with Crippen LogP contribution in [0.5, 0.6) is 0 Å². The molecular weight excluding hydrogens is 344 g/mol. The van der Waals surface area contributed by atoms with Gasteiger partial charge in [0.25, 0.3) is 0 Å². The van der Waals surface area contributed by atoms with Gasteiger partial charge in [0.1, 0.15) is 0 Å². The predicted octanol–water partition coefficient (Wildman–Crippen LogP) is 5.16. The molecule has 0 radical (unpaired) electrons. The lowest BCUT2D eigenvalue weighted by Crippen LogP contribution is -2.60. The molecule has 1 unspecified atom stereocenters. The van der Waals surface area contributed by atoms with Crippen molar-refractivity contribution in [3.63, 3.8) is 0 Å². The van der Waals surface area contributed by atoms with Crippen LogP contribution in [0.15, 0.2) is 0 Å². The van der Waals surface area contributed by atoms with E-state index in [9.17, 15) is 22.0 Å². The molecule has 1 atom stereocenters. The van der Waals surface area contributed by atoms with E-state index in [-0.39, 0.29) is 0 Å². The van der Waals surface area contributed by atoms with E-state index in [4.69, 9.17) is 58.0 Å². The summed E-state index contributed by atoms with van der Waals surface area (Å²) in [6, 6.07) is 0. The summed E-state index contributed by atoms with van der Waals surface area (Å²) < 4.78 is 55.3. The van der Waals surface area contributed by atoms with Crippen molar-refractivity contribution < 1.29 is 22.0 Å². The minimum absolute atomic E-state index is 0.980. The summed E-state index contributed by atoms with van der Waals surface area (Å²) in [7, 11) is 0. The van der Waals surface area contributed by atoms with E-state index in [0.717, 1.165) is 6.92 Å². The summed E-state index contributed by atoms with van der Waals surface area (Å²) >= 11 is 25.7. The SMILES string of the molecule is CC(Cl)C(Cl)(Cl)C(Cl)(Cl)C(F)(F)C(F)(F)F. The maximum atomic E-state index is 12.9. The highest BCUT2D eigenvalue weighted by Crippen LogP contribution is 2.59. The van der Waals surface area contributed by atoms with Crippen LogP contribution in [-0.4, -0.2) is 26.1 Å². The standard InChI is InChI=1S/C6H4Cl5F5/c1-2(7)3(8,9)4(10,11)5(12,13)6(14,15)16/h2H,1H3. The van der Waals surface area contributed by atoms with Crippen LogP contribution in [0, 0.1) is 0 Å². The second kappa shape index (κ2) is 4.65. The molecule has 0 saturated heterocycles. The summed E-state index contributed by atoms with van der Waals surface area (Å²) in [4.78, 5) is 0. The average molecular weight is 348 g/mol. The summed E-state index contributed by atoms with van der Waals surface area (Å²) in [5.74, 6) is -5.52. The third-order valence-electron chi connectivity index (χ3n) is 1.67. The van der Waals surface area contributed by atoms with Gasteiger partial charge >= 0.3 is 12.1 Å². The largest absolute Gasteiger partial charge is 0.456 e. The van der Waals surface area contributed by atoms with Crippen LogP contribution in [0.25, 0.3) is 0 Å². The van der Waals surface area contributed by atoms with Crippen LogP contribution >= 0.6 is 58.0 Å². The zero-order valence-electron chi connectivity index (χ0n) is 7.36. The molecular formula is C6H4Cl5F5. The Morgan fingerprint density at radius 1 is 0.875 bits per heavy atom. The number of halogens is 10. The topological polar surface area (TPSA) is 0 Å². The zero-order chi connectivity index (χ0) is 13.6. The first-order valence-electron chi connectivity index (χ1n) is 3.54. The van der Waals surface area contributed by atoms with E-state index in [0.29, 0.717) is 0 Å². The van der Waals surface area contributed by atoms with Gasteiger partial charge in [-0.3, -0.25) is 0 Å². The lowest BCUT2D eigenvalue weighted by atomic mass is 10.1. The van der Waals surface area contributed by atoms with Gasteiger partial charge in [-0.2, -0.15) is 22.0 Å². The van der Waals surface area contributed by atoms with Crippen LogP contribution in [0.3, 0.4) is 0 Å². The van der Waals surface area contributed by atoms with Crippen molar-refractivity contribution in [3.05, 3.63) is 0 Å². The lowest BCUT2D eigenvalue weighted by molar-refractivity contribution is -0.288. The smallest absolute Gasteiger partial charge is 0.193 e. The van der Waals surface area contributed by atoms with Crippen molar-refractivity contribution in [2.75, 3.05) is 0 Å². The van der Waals surface area contributed by atoms with E-state index >= 15 is 0 Å². The summed E-state index contributed by atoms with van der Waals surface area (Å²) in [5.41, 5.74) is 0. The molecule has 0 rings (SSSR count). The third-order valence-corrected chi connectivity index (χ3v) is 4.90. The highest BCUT2D eigenvalue weighted by Gasteiger charge is 2.76. The van der Waals surface area contributed by atoms with Crippen molar-refractivity contribution >= 4 is 58.0 Å². The van der Waals surface area contributed by atoms with Crippen LogP contribution in [-0.2, 0) is 0 Å². The lowest BCUT2D eigenvalue weighted by Gasteiger charge is -2.40. The Morgan fingerprint density at radius 2 is 1.19 bits per heavy atom. The van der Waals surface area contributed by atoms with Gasteiger partial charge in [0.2, 0.25) is 4.33 Å². The summed E-state index contributed by atoms with van der Waals surface area (Å²) in [5, 5.41) is -1.54. The average Bonchev–Trinajstić information content (AvgIpc) is 2.00. The van der Waals surface area contributed by atoms with Crippen molar-refractivity contribution in [2.24, 2.45) is 0 Å². The molecule has 0 aliphatic heterocycles. The molecule has 0 N–H and O–H groups in total. The highest BCUT2D eigenvalue weighted by atomic mass is 35.5. The minimum atomic E-state index is -6.00. The highest BCUT2D eigenvalue weighted by molar-refractivity contribution is 6.64. The van der Waals surface area contributed by atoms with E-state index in [2.05, 4.69) is 0 Å². The molecule has 98 valence electrons. The molecule has 0 heterocycles.